The number of halogens is 4. The summed E-state index contributed by atoms with van der Waals surface area (Å²) in [5.74, 6) is 0.404. The van der Waals surface area contributed by atoms with E-state index in [0.717, 1.165) is 12.1 Å². The second-order valence-corrected chi connectivity index (χ2v) is 5.21. The fourth-order valence-corrected chi connectivity index (χ4v) is 2.15. The highest BCUT2D eigenvalue weighted by Crippen LogP contribution is 2.31. The summed E-state index contributed by atoms with van der Waals surface area (Å²) in [7, 11) is 0. The summed E-state index contributed by atoms with van der Waals surface area (Å²) in [6, 6.07) is 8.03. The molecule has 0 fully saturated rings. The Morgan fingerprint density at radius 3 is 2.12 bits per heavy atom. The first kappa shape index (κ1) is 19.7. The largest absolute Gasteiger partial charge is 0.416 e. The number of hydrogen-bond donors (Lipinski definition) is 1. The van der Waals surface area contributed by atoms with Gasteiger partial charge in [-0.05, 0) is 36.4 Å². The van der Waals surface area contributed by atoms with Gasteiger partial charge in [-0.1, -0.05) is 25.4 Å². The molecule has 3 rings (SSSR count). The lowest BCUT2D eigenvalue weighted by molar-refractivity contribution is -0.137. The third kappa shape index (κ3) is 4.92. The molecular formula is C18H16ClF3N4. The summed E-state index contributed by atoms with van der Waals surface area (Å²) in [5, 5.41) is 3.31. The summed E-state index contributed by atoms with van der Waals surface area (Å²) in [6.07, 6.45) is 0.177. The minimum atomic E-state index is -4.37. The van der Waals surface area contributed by atoms with Gasteiger partial charge in [0.05, 0.1) is 5.56 Å². The molecule has 136 valence electrons. The highest BCUT2D eigenvalue weighted by atomic mass is 35.5. The lowest BCUT2D eigenvalue weighted by Crippen LogP contribution is -2.05. The fourth-order valence-electron chi connectivity index (χ4n) is 2.04. The second kappa shape index (κ2) is 8.62. The van der Waals surface area contributed by atoms with Crippen molar-refractivity contribution >= 4 is 23.1 Å². The average molecular weight is 381 g/mol. The van der Waals surface area contributed by atoms with Crippen LogP contribution in [0.4, 0.5) is 24.7 Å². The normalized spacial score (nSPS) is 10.7. The smallest absolute Gasteiger partial charge is 0.338 e. The van der Waals surface area contributed by atoms with Gasteiger partial charge in [0.2, 0.25) is 0 Å². The zero-order chi connectivity index (χ0) is 19.2. The Bertz CT molecular complexity index is 834. The van der Waals surface area contributed by atoms with E-state index < -0.39 is 11.7 Å². The summed E-state index contributed by atoms with van der Waals surface area (Å²) in [4.78, 5) is 12.4. The molecule has 0 bridgehead atoms. The molecule has 26 heavy (non-hydrogen) atoms. The van der Waals surface area contributed by atoms with Gasteiger partial charge in [-0.2, -0.15) is 13.2 Å². The number of aromatic nitrogens is 3. The molecule has 8 heteroatoms. The zero-order valence-corrected chi connectivity index (χ0v) is 14.8. The number of alkyl halides is 3. The molecule has 0 atom stereocenters. The van der Waals surface area contributed by atoms with Gasteiger partial charge in [-0.15, -0.1) is 0 Å². The van der Waals surface area contributed by atoms with Crippen molar-refractivity contribution in [2.24, 2.45) is 0 Å². The van der Waals surface area contributed by atoms with Crippen LogP contribution >= 0.6 is 11.6 Å². The third-order valence-electron chi connectivity index (χ3n) is 3.17. The highest BCUT2D eigenvalue weighted by molar-refractivity contribution is 6.29. The van der Waals surface area contributed by atoms with Crippen LogP contribution in [0.25, 0.3) is 11.3 Å². The maximum absolute atomic E-state index is 12.6. The summed E-state index contributed by atoms with van der Waals surface area (Å²) >= 11 is 5.77. The highest BCUT2D eigenvalue weighted by Gasteiger charge is 2.29. The van der Waals surface area contributed by atoms with Crippen LogP contribution in [0.1, 0.15) is 19.4 Å². The number of rotatable bonds is 3. The van der Waals surface area contributed by atoms with Crippen molar-refractivity contribution in [3.05, 3.63) is 65.7 Å². The Hall–Kier alpha value is -2.67. The van der Waals surface area contributed by atoms with E-state index in [1.807, 2.05) is 13.8 Å². The first-order valence-corrected chi connectivity index (χ1v) is 8.18. The molecule has 4 nitrogen and oxygen atoms in total. The van der Waals surface area contributed by atoms with Crippen LogP contribution in [0.3, 0.4) is 0 Å². The van der Waals surface area contributed by atoms with Crippen molar-refractivity contribution in [2.45, 2.75) is 20.0 Å². The predicted molar refractivity (Wildman–Crippen MR) is 96.3 cm³/mol. The Balaban J connectivity index is 0.00000117. The van der Waals surface area contributed by atoms with Crippen molar-refractivity contribution in [3.63, 3.8) is 0 Å². The molecule has 1 aromatic carbocycles. The summed E-state index contributed by atoms with van der Waals surface area (Å²) in [6.45, 7) is 4.00. The van der Waals surface area contributed by atoms with Gasteiger partial charge >= 0.3 is 6.18 Å². The molecule has 0 aliphatic carbocycles. The van der Waals surface area contributed by atoms with Crippen LogP contribution < -0.4 is 5.32 Å². The molecule has 1 N–H and O–H groups in total. The summed E-state index contributed by atoms with van der Waals surface area (Å²) in [5.41, 5.74) is 0.949. The molecule has 0 aliphatic heterocycles. The SMILES string of the molecule is CC.FC(F)(F)c1ccc(Nc2nccnc2-c2ccc(Cl)nc2)cc1. The van der Waals surface area contributed by atoms with E-state index in [-0.39, 0.29) is 0 Å². The van der Waals surface area contributed by atoms with E-state index in [0.29, 0.717) is 27.9 Å². The summed E-state index contributed by atoms with van der Waals surface area (Å²) < 4.78 is 37.8. The van der Waals surface area contributed by atoms with Crippen LogP contribution in [0.15, 0.2) is 55.0 Å². The maximum atomic E-state index is 12.6. The number of hydrogen-bond acceptors (Lipinski definition) is 4. The number of benzene rings is 1. The standard InChI is InChI=1S/C16H10ClF3N4.C2H6/c17-13-6-1-10(9-23-13)14-15(22-8-7-21-14)24-12-4-2-11(3-5-12)16(18,19)20;1-2/h1-9H,(H,22,24);1-2H3. The maximum Gasteiger partial charge on any atom is 0.416 e. The fraction of sp³-hybridized carbons (Fsp3) is 0.167. The van der Waals surface area contributed by atoms with Crippen LogP contribution in [0.2, 0.25) is 5.15 Å². The molecule has 2 heterocycles. The van der Waals surface area contributed by atoms with Gasteiger partial charge < -0.3 is 5.32 Å². The van der Waals surface area contributed by atoms with Crippen molar-refractivity contribution in [2.75, 3.05) is 5.32 Å². The average Bonchev–Trinajstić information content (AvgIpc) is 2.64. The van der Waals surface area contributed by atoms with Crippen molar-refractivity contribution in [1.82, 2.24) is 15.0 Å². The molecule has 0 amide bonds. The molecule has 3 aromatic rings. The molecule has 0 aliphatic rings. The molecule has 2 aromatic heterocycles. The lowest BCUT2D eigenvalue weighted by atomic mass is 10.2. The molecule has 0 saturated heterocycles. The number of nitrogens with one attached hydrogen (secondary N) is 1. The number of pyridine rings is 1. The van der Waals surface area contributed by atoms with E-state index in [1.165, 1.54) is 24.5 Å². The van der Waals surface area contributed by atoms with Gasteiger partial charge in [0.1, 0.15) is 10.8 Å². The topological polar surface area (TPSA) is 50.7 Å². The number of nitrogens with zero attached hydrogens (tertiary/aromatic N) is 3. The van der Waals surface area contributed by atoms with E-state index in [2.05, 4.69) is 20.3 Å². The predicted octanol–water partition coefficient (Wildman–Crippen LogP) is 5.98. The third-order valence-corrected chi connectivity index (χ3v) is 3.40. The minimum Gasteiger partial charge on any atom is -0.338 e. The lowest BCUT2D eigenvalue weighted by Gasteiger charge is -2.11. The van der Waals surface area contributed by atoms with Crippen molar-refractivity contribution in [1.29, 1.82) is 0 Å². The Morgan fingerprint density at radius 1 is 0.885 bits per heavy atom. The monoisotopic (exact) mass is 380 g/mol. The molecular weight excluding hydrogens is 365 g/mol. The van der Waals surface area contributed by atoms with Gasteiger partial charge in [-0.25, -0.2) is 9.97 Å². The van der Waals surface area contributed by atoms with Gasteiger partial charge in [-0.3, -0.25) is 4.98 Å². The number of anilines is 2. The minimum absolute atomic E-state index is 0.347. The van der Waals surface area contributed by atoms with Crippen LogP contribution in [0, 0.1) is 0 Å². The van der Waals surface area contributed by atoms with Gasteiger partial charge in [0, 0.05) is 29.8 Å². The zero-order valence-electron chi connectivity index (χ0n) is 14.0. The molecule has 0 saturated carbocycles. The van der Waals surface area contributed by atoms with Crippen molar-refractivity contribution < 1.29 is 13.2 Å². The van der Waals surface area contributed by atoms with E-state index in [9.17, 15) is 13.2 Å². The second-order valence-electron chi connectivity index (χ2n) is 4.82. The van der Waals surface area contributed by atoms with Crippen molar-refractivity contribution in [3.8, 4) is 11.3 Å². The molecule has 0 unspecified atom stereocenters. The quantitative estimate of drug-likeness (QED) is 0.568. The van der Waals surface area contributed by atoms with E-state index in [4.69, 9.17) is 11.6 Å². The Kier molecular flexibility index (Phi) is 6.52. The first-order valence-electron chi connectivity index (χ1n) is 7.81. The van der Waals surface area contributed by atoms with Gasteiger partial charge in [0.25, 0.3) is 0 Å². The van der Waals surface area contributed by atoms with Gasteiger partial charge in [0.15, 0.2) is 5.82 Å². The van der Waals surface area contributed by atoms with Crippen LogP contribution in [-0.2, 0) is 6.18 Å². The molecule has 0 radical (unpaired) electrons. The Labute approximate surface area is 154 Å². The first-order chi connectivity index (χ1) is 12.4. The van der Waals surface area contributed by atoms with E-state index in [1.54, 1.807) is 18.3 Å². The van der Waals surface area contributed by atoms with Crippen LogP contribution in [-0.4, -0.2) is 15.0 Å². The van der Waals surface area contributed by atoms with Crippen LogP contribution in [0.5, 0.6) is 0 Å². The Morgan fingerprint density at radius 2 is 1.54 bits per heavy atom. The molecule has 0 spiro atoms. The van der Waals surface area contributed by atoms with E-state index >= 15 is 0 Å².